The molecule has 3 aliphatic rings. The Morgan fingerprint density at radius 3 is 2.43 bits per heavy atom. The van der Waals surface area contributed by atoms with Crippen LogP contribution in [0.5, 0.6) is 0 Å². The van der Waals surface area contributed by atoms with Crippen molar-refractivity contribution in [3.8, 4) is 0 Å². The average Bonchev–Trinajstić information content (AvgIpc) is 3.64. The maximum absolute atomic E-state index is 14.7. The van der Waals surface area contributed by atoms with Crippen LogP contribution in [0, 0.1) is 17.7 Å². The fraction of sp³-hybridized carbons (Fsp3) is 0.615. The van der Waals surface area contributed by atoms with Crippen LogP contribution in [0.15, 0.2) is 35.9 Å². The van der Waals surface area contributed by atoms with E-state index in [0.717, 1.165) is 51.7 Å². The standard InChI is InChI=1S/C26H35FN2O3S.2ClH/c1-2-32-24(30)17-28-12-9-18(10-13-28)15-20-16-29(14-11-23(20)33)25(26(31)19-7-8-19)21-5-3-4-6-22(21)27;;/h3-6,15,18-19,23,25,33H,2,7-14,16-17H2,1H3;2*1H. The van der Waals surface area contributed by atoms with E-state index in [4.69, 9.17) is 17.4 Å². The summed E-state index contributed by atoms with van der Waals surface area (Å²) in [6.45, 7) is 5.72. The summed E-state index contributed by atoms with van der Waals surface area (Å²) in [6.07, 6.45) is 6.99. The number of allylic oxidation sites excluding steroid dienone is 1. The highest BCUT2D eigenvalue weighted by Crippen LogP contribution is 2.39. The number of ketones is 1. The predicted molar refractivity (Wildman–Crippen MR) is 144 cm³/mol. The molecule has 2 atom stereocenters. The number of esters is 1. The lowest BCUT2D eigenvalue weighted by Gasteiger charge is -2.38. The Morgan fingerprint density at radius 1 is 1.11 bits per heavy atom. The maximum atomic E-state index is 14.7. The van der Waals surface area contributed by atoms with Crippen molar-refractivity contribution in [2.75, 3.05) is 39.3 Å². The van der Waals surface area contributed by atoms with Gasteiger partial charge in [-0.3, -0.25) is 19.4 Å². The molecule has 2 unspecified atom stereocenters. The van der Waals surface area contributed by atoms with Crippen LogP contribution in [0.1, 0.15) is 50.6 Å². The Labute approximate surface area is 226 Å². The Kier molecular flexibility index (Phi) is 12.0. The summed E-state index contributed by atoms with van der Waals surface area (Å²) in [5.74, 6) is 0.194. The minimum Gasteiger partial charge on any atom is -0.465 e. The molecule has 9 heteroatoms. The summed E-state index contributed by atoms with van der Waals surface area (Å²) in [4.78, 5) is 29.3. The summed E-state index contributed by atoms with van der Waals surface area (Å²) >= 11 is 4.84. The lowest BCUT2D eigenvalue weighted by atomic mass is 9.89. The highest BCUT2D eigenvalue weighted by Gasteiger charge is 2.41. The van der Waals surface area contributed by atoms with Gasteiger partial charge in [-0.1, -0.05) is 24.3 Å². The van der Waals surface area contributed by atoms with Gasteiger partial charge < -0.3 is 4.74 Å². The van der Waals surface area contributed by atoms with Crippen molar-refractivity contribution in [3.05, 3.63) is 47.3 Å². The van der Waals surface area contributed by atoms with Gasteiger partial charge in [0.1, 0.15) is 5.82 Å². The van der Waals surface area contributed by atoms with Crippen molar-refractivity contribution in [2.45, 2.75) is 50.3 Å². The monoisotopic (exact) mass is 546 g/mol. The molecule has 0 N–H and O–H groups in total. The zero-order valence-electron chi connectivity index (χ0n) is 20.2. The molecule has 0 spiro atoms. The summed E-state index contributed by atoms with van der Waals surface area (Å²) in [7, 11) is 0. The number of thiol groups is 1. The molecule has 5 nitrogen and oxygen atoms in total. The van der Waals surface area contributed by atoms with Crippen molar-refractivity contribution in [1.29, 1.82) is 0 Å². The first-order valence-corrected chi connectivity index (χ1v) is 12.8. The number of halogens is 3. The first kappa shape index (κ1) is 30.1. The number of carbonyl (C=O) groups is 2. The molecule has 2 aliphatic heterocycles. The fourth-order valence-corrected chi connectivity index (χ4v) is 5.35. The smallest absolute Gasteiger partial charge is 0.320 e. The van der Waals surface area contributed by atoms with Crippen LogP contribution in [0.3, 0.4) is 0 Å². The van der Waals surface area contributed by atoms with E-state index in [9.17, 15) is 14.0 Å². The largest absolute Gasteiger partial charge is 0.465 e. The second-order valence-corrected chi connectivity index (χ2v) is 10.2. The highest BCUT2D eigenvalue weighted by molar-refractivity contribution is 7.81. The lowest BCUT2D eigenvalue weighted by Crippen LogP contribution is -2.43. The number of benzene rings is 1. The SMILES string of the molecule is CCOC(=O)CN1CCC(C=C2CN(C(C(=O)C3CC3)c3ccccc3F)CCC2S)CC1.Cl.Cl. The molecule has 196 valence electrons. The van der Waals surface area contributed by atoms with E-state index in [0.29, 0.717) is 31.2 Å². The van der Waals surface area contributed by atoms with E-state index in [-0.39, 0.29) is 53.6 Å². The third-order valence-corrected chi connectivity index (χ3v) is 7.65. The first-order chi connectivity index (χ1) is 16.0. The van der Waals surface area contributed by atoms with Crippen LogP contribution in [0.25, 0.3) is 0 Å². The second-order valence-electron chi connectivity index (χ2n) is 9.54. The van der Waals surface area contributed by atoms with Crippen LogP contribution < -0.4 is 0 Å². The van der Waals surface area contributed by atoms with Gasteiger partial charge in [0.15, 0.2) is 5.78 Å². The summed E-state index contributed by atoms with van der Waals surface area (Å²) in [6, 6.07) is 6.19. The van der Waals surface area contributed by atoms with Crippen LogP contribution in [-0.2, 0) is 14.3 Å². The molecule has 1 aromatic rings. The Bertz CT molecular complexity index is 891. The minimum atomic E-state index is -0.519. The van der Waals surface area contributed by atoms with Gasteiger partial charge in [0, 0.05) is 29.8 Å². The van der Waals surface area contributed by atoms with E-state index in [1.165, 1.54) is 11.6 Å². The number of likely N-dealkylation sites (tertiary alicyclic amines) is 2. The van der Waals surface area contributed by atoms with E-state index in [1.54, 1.807) is 12.1 Å². The topological polar surface area (TPSA) is 49.9 Å². The molecule has 35 heavy (non-hydrogen) atoms. The molecular formula is C26H37Cl2FN2O3S. The summed E-state index contributed by atoms with van der Waals surface area (Å²) in [5.41, 5.74) is 1.73. The highest BCUT2D eigenvalue weighted by atomic mass is 35.5. The van der Waals surface area contributed by atoms with Gasteiger partial charge in [0.2, 0.25) is 0 Å². The van der Waals surface area contributed by atoms with Crippen LogP contribution in [-0.4, -0.2) is 66.1 Å². The normalized spacial score (nSPS) is 23.7. The quantitative estimate of drug-likeness (QED) is 0.285. The number of rotatable bonds is 8. The van der Waals surface area contributed by atoms with Gasteiger partial charge in [-0.05, 0) is 69.7 Å². The number of nitrogens with zero attached hydrogens (tertiary/aromatic N) is 2. The van der Waals surface area contributed by atoms with Gasteiger partial charge >= 0.3 is 5.97 Å². The lowest BCUT2D eigenvalue weighted by molar-refractivity contribution is -0.144. The maximum Gasteiger partial charge on any atom is 0.320 e. The van der Waals surface area contributed by atoms with Gasteiger partial charge in [0.25, 0.3) is 0 Å². The Morgan fingerprint density at radius 2 is 1.80 bits per heavy atom. The summed E-state index contributed by atoms with van der Waals surface area (Å²) in [5, 5.41) is 0.163. The van der Waals surface area contributed by atoms with E-state index in [1.807, 2.05) is 13.0 Å². The Hall–Kier alpha value is -1.12. The predicted octanol–water partition coefficient (Wildman–Crippen LogP) is 4.90. The van der Waals surface area contributed by atoms with Crippen molar-refractivity contribution in [3.63, 3.8) is 0 Å². The van der Waals surface area contributed by atoms with Crippen LogP contribution in [0.4, 0.5) is 4.39 Å². The molecule has 3 fully saturated rings. The van der Waals surface area contributed by atoms with Gasteiger partial charge in [0.05, 0.1) is 19.2 Å². The molecule has 0 aromatic heterocycles. The number of ether oxygens (including phenoxy) is 1. The third kappa shape index (κ3) is 7.93. The molecule has 0 amide bonds. The average molecular weight is 548 g/mol. The molecule has 1 saturated carbocycles. The van der Waals surface area contributed by atoms with Crippen molar-refractivity contribution in [1.82, 2.24) is 9.80 Å². The fourth-order valence-electron chi connectivity index (χ4n) is 5.06. The molecule has 2 heterocycles. The molecule has 1 aromatic carbocycles. The van der Waals surface area contributed by atoms with E-state index in [2.05, 4.69) is 15.9 Å². The van der Waals surface area contributed by atoms with Crippen molar-refractivity contribution in [2.24, 2.45) is 11.8 Å². The third-order valence-electron chi connectivity index (χ3n) is 7.06. The molecule has 2 saturated heterocycles. The first-order valence-electron chi connectivity index (χ1n) is 12.2. The number of carbonyl (C=O) groups excluding carboxylic acids is 2. The number of piperidine rings is 2. The zero-order valence-corrected chi connectivity index (χ0v) is 22.8. The molecule has 0 radical (unpaired) electrons. The van der Waals surface area contributed by atoms with Crippen molar-refractivity contribution < 1.29 is 18.7 Å². The van der Waals surface area contributed by atoms with Gasteiger partial charge in [-0.15, -0.1) is 24.8 Å². The van der Waals surface area contributed by atoms with Gasteiger partial charge in [-0.2, -0.15) is 12.6 Å². The minimum absolute atomic E-state index is 0. The molecular weight excluding hydrogens is 510 g/mol. The number of hydrogen-bond donors (Lipinski definition) is 1. The van der Waals surface area contributed by atoms with E-state index < -0.39 is 6.04 Å². The van der Waals surface area contributed by atoms with Gasteiger partial charge in [-0.25, -0.2) is 4.39 Å². The zero-order chi connectivity index (χ0) is 23.4. The molecule has 4 rings (SSSR count). The van der Waals surface area contributed by atoms with Crippen LogP contribution in [0.2, 0.25) is 0 Å². The van der Waals surface area contributed by atoms with Crippen molar-refractivity contribution >= 4 is 49.2 Å². The number of Topliss-reactive ketones (excluding diaryl/α,β-unsaturated/α-hetero) is 1. The second kappa shape index (κ2) is 14.0. The number of hydrogen-bond acceptors (Lipinski definition) is 6. The molecule has 1 aliphatic carbocycles. The van der Waals surface area contributed by atoms with E-state index >= 15 is 0 Å². The Balaban J connectivity index is 0.00000216. The molecule has 0 bridgehead atoms. The van der Waals surface area contributed by atoms with Crippen LogP contribution >= 0.6 is 37.4 Å². The summed E-state index contributed by atoms with van der Waals surface area (Å²) < 4.78 is 19.8.